The van der Waals surface area contributed by atoms with E-state index in [1.165, 1.54) is 0 Å². The number of anilines is 1. The lowest BCUT2D eigenvalue weighted by Gasteiger charge is -2.14. The van der Waals surface area contributed by atoms with Crippen LogP contribution in [0.4, 0.5) is 5.69 Å². The van der Waals surface area contributed by atoms with E-state index in [-0.39, 0.29) is 5.91 Å². The van der Waals surface area contributed by atoms with Crippen molar-refractivity contribution in [1.29, 1.82) is 0 Å². The number of hydrogen-bond acceptors (Lipinski definition) is 4. The van der Waals surface area contributed by atoms with Crippen LogP contribution in [0.5, 0.6) is 11.5 Å². The zero-order chi connectivity index (χ0) is 23.2. The summed E-state index contributed by atoms with van der Waals surface area (Å²) < 4.78 is 13.4. The fourth-order valence-electron chi connectivity index (χ4n) is 3.91. The first kappa shape index (κ1) is 22.4. The molecule has 0 aliphatic rings. The van der Waals surface area contributed by atoms with Crippen molar-refractivity contribution in [2.45, 2.75) is 26.7 Å². The van der Waals surface area contributed by atoms with Crippen molar-refractivity contribution in [2.75, 3.05) is 18.5 Å². The van der Waals surface area contributed by atoms with Gasteiger partial charge in [0.25, 0.3) is 5.91 Å². The lowest BCUT2D eigenvalue weighted by Crippen LogP contribution is -2.14. The first-order chi connectivity index (χ1) is 16.1. The van der Waals surface area contributed by atoms with Gasteiger partial charge >= 0.3 is 0 Å². The zero-order valence-corrected chi connectivity index (χ0v) is 19.3. The van der Waals surface area contributed by atoms with E-state index in [2.05, 4.69) is 16.0 Å². The number of fused-ring (bicyclic) bond motifs is 1. The smallest absolute Gasteiger partial charge is 0.255 e. The van der Waals surface area contributed by atoms with Crippen LogP contribution in [0.1, 0.15) is 35.6 Å². The highest BCUT2D eigenvalue weighted by Crippen LogP contribution is 2.29. The molecule has 0 bridgehead atoms. The van der Waals surface area contributed by atoms with Crippen molar-refractivity contribution in [1.82, 2.24) is 9.55 Å². The number of nitrogens with zero attached hydrogens (tertiary/aromatic N) is 2. The molecule has 0 spiro atoms. The van der Waals surface area contributed by atoms with Crippen LogP contribution in [0, 0.1) is 0 Å². The minimum atomic E-state index is -0.186. The molecule has 0 saturated carbocycles. The first-order valence-electron chi connectivity index (χ1n) is 11.3. The van der Waals surface area contributed by atoms with Crippen LogP contribution in [0.2, 0.25) is 0 Å². The molecule has 1 heterocycles. The third-order valence-electron chi connectivity index (χ3n) is 5.57. The Morgan fingerprint density at radius 2 is 1.64 bits per heavy atom. The van der Waals surface area contributed by atoms with Crippen LogP contribution < -0.4 is 14.8 Å². The van der Waals surface area contributed by atoms with E-state index in [4.69, 9.17) is 14.5 Å². The minimum Gasteiger partial charge on any atom is -0.490 e. The van der Waals surface area contributed by atoms with Crippen molar-refractivity contribution in [2.24, 2.45) is 7.05 Å². The van der Waals surface area contributed by atoms with Crippen molar-refractivity contribution in [3.63, 3.8) is 0 Å². The number of para-hydroxylation sites is 3. The summed E-state index contributed by atoms with van der Waals surface area (Å²) in [6, 6.07) is 21.3. The second-order valence-corrected chi connectivity index (χ2v) is 7.71. The number of nitrogens with one attached hydrogen (secondary N) is 1. The van der Waals surface area contributed by atoms with Crippen LogP contribution in [-0.2, 0) is 19.9 Å². The lowest BCUT2D eigenvalue weighted by molar-refractivity contribution is 0.102. The van der Waals surface area contributed by atoms with E-state index in [1.807, 2.05) is 63.4 Å². The third-order valence-corrected chi connectivity index (χ3v) is 5.57. The highest BCUT2D eigenvalue weighted by Gasteiger charge is 2.14. The summed E-state index contributed by atoms with van der Waals surface area (Å²) in [5, 5.41) is 3.06. The van der Waals surface area contributed by atoms with Crippen molar-refractivity contribution in [3.8, 4) is 11.5 Å². The van der Waals surface area contributed by atoms with Crippen molar-refractivity contribution >= 4 is 22.6 Å². The number of hydrogen-bond donors (Lipinski definition) is 1. The van der Waals surface area contributed by atoms with Gasteiger partial charge in [0.15, 0.2) is 11.5 Å². The second-order valence-electron chi connectivity index (χ2n) is 7.71. The Kier molecular flexibility index (Phi) is 6.93. The Bertz CT molecular complexity index is 1260. The predicted molar refractivity (Wildman–Crippen MR) is 131 cm³/mol. The van der Waals surface area contributed by atoms with Gasteiger partial charge in [0.2, 0.25) is 0 Å². The maximum Gasteiger partial charge on any atom is 0.255 e. The fraction of sp³-hybridized carbons (Fsp3) is 0.259. The number of imidazole rings is 1. The Balaban J connectivity index is 1.51. The number of aryl methyl sites for hydroxylation is 3. The van der Waals surface area contributed by atoms with Gasteiger partial charge in [-0.2, -0.15) is 0 Å². The first-order valence-corrected chi connectivity index (χ1v) is 11.3. The molecule has 1 amide bonds. The zero-order valence-electron chi connectivity index (χ0n) is 19.3. The molecular weight excluding hydrogens is 414 g/mol. The highest BCUT2D eigenvalue weighted by atomic mass is 16.5. The van der Waals surface area contributed by atoms with Gasteiger partial charge in [-0.05, 0) is 62.2 Å². The van der Waals surface area contributed by atoms with Gasteiger partial charge in [-0.1, -0.05) is 30.3 Å². The molecule has 0 atom stereocenters. The molecule has 0 aliphatic carbocycles. The highest BCUT2D eigenvalue weighted by molar-refractivity contribution is 6.05. The molecule has 0 radical (unpaired) electrons. The SMILES string of the molecule is CCOc1ccc(C(=O)Nc2ccccc2CCc2nc3ccccc3n2C)cc1OCC. The standard InChI is InChI=1S/C27H29N3O3/c1-4-32-24-16-14-20(18-25(24)33-5-2)27(31)29-21-11-7-6-10-19(21)15-17-26-28-22-12-8-9-13-23(22)30(26)3/h6-14,16,18H,4-5,15,17H2,1-3H3,(H,29,31). The Hall–Kier alpha value is -3.80. The van der Waals surface area contributed by atoms with Gasteiger partial charge < -0.3 is 19.4 Å². The summed E-state index contributed by atoms with van der Waals surface area (Å²) >= 11 is 0. The molecule has 170 valence electrons. The van der Waals surface area contributed by atoms with Gasteiger partial charge in [0.1, 0.15) is 5.82 Å². The van der Waals surface area contributed by atoms with E-state index >= 15 is 0 Å². The van der Waals surface area contributed by atoms with Gasteiger partial charge in [-0.15, -0.1) is 0 Å². The van der Waals surface area contributed by atoms with E-state index in [0.717, 1.165) is 41.0 Å². The molecule has 0 aliphatic heterocycles. The van der Waals surface area contributed by atoms with Crippen molar-refractivity contribution < 1.29 is 14.3 Å². The van der Waals surface area contributed by atoms with Gasteiger partial charge in [-0.25, -0.2) is 4.98 Å². The fourth-order valence-corrected chi connectivity index (χ4v) is 3.91. The normalized spacial score (nSPS) is 10.9. The van der Waals surface area contributed by atoms with Crippen LogP contribution >= 0.6 is 0 Å². The minimum absolute atomic E-state index is 0.186. The summed E-state index contributed by atoms with van der Waals surface area (Å²) in [7, 11) is 2.04. The molecule has 4 rings (SSSR count). The molecule has 1 aromatic heterocycles. The summed E-state index contributed by atoms with van der Waals surface area (Å²) in [5.41, 5.74) is 4.50. The van der Waals surface area contributed by atoms with Crippen LogP contribution in [0.15, 0.2) is 66.7 Å². The average Bonchev–Trinajstić information content (AvgIpc) is 3.15. The van der Waals surface area contributed by atoms with E-state index in [9.17, 15) is 4.79 Å². The number of carbonyl (C=O) groups is 1. The summed E-state index contributed by atoms with van der Waals surface area (Å²) in [6.07, 6.45) is 1.54. The van der Waals surface area contributed by atoms with Gasteiger partial charge in [-0.3, -0.25) is 4.79 Å². The quantitative estimate of drug-likeness (QED) is 0.376. The lowest BCUT2D eigenvalue weighted by atomic mass is 10.1. The Morgan fingerprint density at radius 3 is 2.42 bits per heavy atom. The average molecular weight is 444 g/mol. The molecule has 1 N–H and O–H groups in total. The van der Waals surface area contributed by atoms with Gasteiger partial charge in [0, 0.05) is 24.7 Å². The Morgan fingerprint density at radius 1 is 0.909 bits per heavy atom. The molecule has 0 fully saturated rings. The van der Waals surface area contributed by atoms with Crippen LogP contribution in [0.25, 0.3) is 11.0 Å². The number of rotatable bonds is 9. The number of aromatic nitrogens is 2. The largest absolute Gasteiger partial charge is 0.490 e. The number of carbonyl (C=O) groups excluding carboxylic acids is 1. The Labute approximate surface area is 194 Å². The summed E-state index contributed by atoms with van der Waals surface area (Å²) in [4.78, 5) is 17.8. The molecule has 3 aromatic carbocycles. The molecule has 4 aromatic rings. The molecular formula is C27H29N3O3. The maximum atomic E-state index is 13.0. The molecule has 0 saturated heterocycles. The maximum absolute atomic E-state index is 13.0. The molecule has 6 heteroatoms. The van der Waals surface area contributed by atoms with E-state index in [0.29, 0.717) is 30.3 Å². The second kappa shape index (κ2) is 10.2. The van der Waals surface area contributed by atoms with Crippen LogP contribution in [0.3, 0.4) is 0 Å². The molecule has 0 unspecified atom stereocenters. The summed E-state index contributed by atoms with van der Waals surface area (Å²) in [6.45, 7) is 4.85. The van der Waals surface area contributed by atoms with E-state index < -0.39 is 0 Å². The van der Waals surface area contributed by atoms with Gasteiger partial charge in [0.05, 0.1) is 24.2 Å². The predicted octanol–water partition coefficient (Wildman–Crippen LogP) is 5.41. The summed E-state index contributed by atoms with van der Waals surface area (Å²) in [5.74, 6) is 2.04. The molecule has 33 heavy (non-hydrogen) atoms. The third kappa shape index (κ3) is 5.00. The topological polar surface area (TPSA) is 65.4 Å². The number of amides is 1. The van der Waals surface area contributed by atoms with Crippen LogP contribution in [-0.4, -0.2) is 28.7 Å². The number of ether oxygens (including phenoxy) is 2. The van der Waals surface area contributed by atoms with E-state index in [1.54, 1.807) is 18.2 Å². The number of benzene rings is 3. The molecule has 6 nitrogen and oxygen atoms in total. The monoisotopic (exact) mass is 443 g/mol. The van der Waals surface area contributed by atoms with Crippen molar-refractivity contribution in [3.05, 3.63) is 83.7 Å².